The Bertz CT molecular complexity index is 255. The van der Waals surface area contributed by atoms with Gasteiger partial charge in [-0.05, 0) is 12.3 Å². The van der Waals surface area contributed by atoms with E-state index in [1.54, 1.807) is 6.92 Å². The molecule has 0 spiro atoms. The maximum absolute atomic E-state index is 11.2. The summed E-state index contributed by atoms with van der Waals surface area (Å²) >= 11 is 0. The van der Waals surface area contributed by atoms with Gasteiger partial charge in [-0.15, -0.1) is 12.3 Å². The van der Waals surface area contributed by atoms with Crippen LogP contribution in [0.4, 0.5) is 0 Å². The molecular weight excluding hydrogens is 194 g/mol. The second-order valence-corrected chi connectivity index (χ2v) is 3.56. The summed E-state index contributed by atoms with van der Waals surface area (Å²) in [5.41, 5.74) is 0. The summed E-state index contributed by atoms with van der Waals surface area (Å²) in [6.45, 7) is 2.30. The number of aliphatic carboxylic acids is 1. The Morgan fingerprint density at radius 3 is 2.67 bits per heavy atom. The zero-order valence-corrected chi connectivity index (χ0v) is 8.95. The fourth-order valence-electron chi connectivity index (χ4n) is 1.18. The van der Waals surface area contributed by atoms with E-state index in [2.05, 4.69) is 11.2 Å². The lowest BCUT2D eigenvalue weighted by atomic mass is 10.0. The first-order valence-corrected chi connectivity index (χ1v) is 4.98. The molecule has 84 valence electrons. The van der Waals surface area contributed by atoms with Gasteiger partial charge in [-0.1, -0.05) is 6.92 Å². The van der Waals surface area contributed by atoms with Crippen molar-refractivity contribution in [2.24, 2.45) is 5.92 Å². The summed E-state index contributed by atoms with van der Waals surface area (Å²) in [6.07, 6.45) is 6.73. The number of carboxylic acid groups (broad SMARTS) is 1. The van der Waals surface area contributed by atoms with Crippen LogP contribution in [0.15, 0.2) is 0 Å². The molecule has 0 aromatic rings. The predicted octanol–water partition coefficient (Wildman–Crippen LogP) is 1.02. The van der Waals surface area contributed by atoms with Gasteiger partial charge in [0.2, 0.25) is 5.91 Å². The number of unbranched alkanes of at least 4 members (excludes halogenated alkanes) is 1. The van der Waals surface area contributed by atoms with Crippen LogP contribution >= 0.6 is 0 Å². The van der Waals surface area contributed by atoms with E-state index in [1.165, 1.54) is 0 Å². The molecule has 0 aliphatic carbocycles. The lowest BCUT2D eigenvalue weighted by Crippen LogP contribution is -2.26. The number of rotatable bonds is 7. The van der Waals surface area contributed by atoms with Gasteiger partial charge in [0.15, 0.2) is 0 Å². The molecule has 0 aromatic heterocycles. The van der Waals surface area contributed by atoms with Crippen molar-refractivity contribution in [1.29, 1.82) is 0 Å². The van der Waals surface area contributed by atoms with Gasteiger partial charge < -0.3 is 10.4 Å². The lowest BCUT2D eigenvalue weighted by Gasteiger charge is -2.08. The van der Waals surface area contributed by atoms with Crippen LogP contribution in [0, 0.1) is 18.3 Å². The van der Waals surface area contributed by atoms with Crippen LogP contribution in [-0.2, 0) is 9.59 Å². The van der Waals surface area contributed by atoms with Crippen LogP contribution in [0.1, 0.15) is 32.6 Å². The number of carbonyl (C=O) groups is 2. The normalized spacial score (nSPS) is 11.5. The minimum atomic E-state index is -0.873. The van der Waals surface area contributed by atoms with E-state index in [4.69, 9.17) is 11.5 Å². The number of nitrogens with one attached hydrogen (secondary N) is 1. The van der Waals surface area contributed by atoms with E-state index in [1.807, 2.05) is 0 Å². The van der Waals surface area contributed by atoms with Crippen LogP contribution < -0.4 is 5.32 Å². The van der Waals surface area contributed by atoms with E-state index >= 15 is 0 Å². The van der Waals surface area contributed by atoms with Gasteiger partial charge >= 0.3 is 5.97 Å². The van der Waals surface area contributed by atoms with Crippen molar-refractivity contribution in [3.8, 4) is 12.3 Å². The average molecular weight is 211 g/mol. The fourth-order valence-corrected chi connectivity index (χ4v) is 1.18. The zero-order valence-electron chi connectivity index (χ0n) is 8.95. The molecule has 0 saturated heterocycles. The molecule has 4 nitrogen and oxygen atoms in total. The van der Waals surface area contributed by atoms with E-state index < -0.39 is 5.97 Å². The lowest BCUT2D eigenvalue weighted by molar-refractivity contribution is -0.138. The third-order valence-electron chi connectivity index (χ3n) is 1.88. The van der Waals surface area contributed by atoms with Crippen molar-refractivity contribution < 1.29 is 14.7 Å². The predicted molar refractivity (Wildman–Crippen MR) is 57.1 cm³/mol. The fraction of sp³-hybridized carbons (Fsp3) is 0.636. The Balaban J connectivity index is 3.56. The maximum atomic E-state index is 11.2. The van der Waals surface area contributed by atoms with E-state index in [0.29, 0.717) is 13.0 Å². The van der Waals surface area contributed by atoms with Crippen molar-refractivity contribution in [3.63, 3.8) is 0 Å². The van der Waals surface area contributed by atoms with Gasteiger partial charge in [0, 0.05) is 25.8 Å². The molecule has 1 unspecified atom stereocenters. The second kappa shape index (κ2) is 7.86. The molecule has 0 heterocycles. The SMILES string of the molecule is C#CCCCNC(=O)CC(C)CC(=O)O. The Hall–Kier alpha value is -1.50. The maximum Gasteiger partial charge on any atom is 0.303 e. The molecule has 0 bridgehead atoms. The van der Waals surface area contributed by atoms with Crippen LogP contribution in [-0.4, -0.2) is 23.5 Å². The first-order chi connectivity index (χ1) is 7.06. The number of hydrogen-bond acceptors (Lipinski definition) is 2. The van der Waals surface area contributed by atoms with Gasteiger partial charge in [0.05, 0.1) is 0 Å². The highest BCUT2D eigenvalue weighted by Crippen LogP contribution is 2.06. The minimum Gasteiger partial charge on any atom is -0.481 e. The standard InChI is InChI=1S/C11H17NO3/c1-3-4-5-6-12-10(13)7-9(2)8-11(14)15/h1,9H,4-8H2,2H3,(H,12,13)(H,14,15). The van der Waals surface area contributed by atoms with Crippen LogP contribution in [0.3, 0.4) is 0 Å². The summed E-state index contributed by atoms with van der Waals surface area (Å²) < 4.78 is 0. The summed E-state index contributed by atoms with van der Waals surface area (Å²) in [7, 11) is 0. The largest absolute Gasteiger partial charge is 0.481 e. The monoisotopic (exact) mass is 211 g/mol. The smallest absolute Gasteiger partial charge is 0.303 e. The number of terminal acetylenes is 1. The second-order valence-electron chi connectivity index (χ2n) is 3.56. The number of carbonyl (C=O) groups excluding carboxylic acids is 1. The van der Waals surface area contributed by atoms with Gasteiger partial charge in [-0.25, -0.2) is 0 Å². The molecule has 0 aromatic carbocycles. The quantitative estimate of drug-likeness (QED) is 0.488. The molecule has 0 radical (unpaired) electrons. The minimum absolute atomic E-state index is 0.0256. The van der Waals surface area contributed by atoms with Gasteiger partial charge in [-0.2, -0.15) is 0 Å². The van der Waals surface area contributed by atoms with Gasteiger partial charge in [0.1, 0.15) is 0 Å². The first-order valence-electron chi connectivity index (χ1n) is 4.98. The highest BCUT2D eigenvalue weighted by atomic mass is 16.4. The Morgan fingerprint density at radius 2 is 2.13 bits per heavy atom. The highest BCUT2D eigenvalue weighted by molar-refractivity contribution is 5.77. The molecule has 1 atom stereocenters. The van der Waals surface area contributed by atoms with Gasteiger partial charge in [0.25, 0.3) is 0 Å². The Kier molecular flexibility index (Phi) is 7.08. The molecule has 0 rings (SSSR count). The molecule has 0 aliphatic heterocycles. The van der Waals surface area contributed by atoms with Crippen molar-refractivity contribution in [2.45, 2.75) is 32.6 Å². The molecule has 4 heteroatoms. The summed E-state index contributed by atoms with van der Waals surface area (Å²) in [5, 5.41) is 11.2. The first kappa shape index (κ1) is 13.5. The molecule has 0 saturated carbocycles. The van der Waals surface area contributed by atoms with Crippen molar-refractivity contribution >= 4 is 11.9 Å². The van der Waals surface area contributed by atoms with Crippen molar-refractivity contribution in [3.05, 3.63) is 0 Å². The Labute approximate surface area is 90.1 Å². The number of hydrogen-bond donors (Lipinski definition) is 2. The number of carboxylic acids is 1. The molecule has 1 amide bonds. The Morgan fingerprint density at radius 1 is 1.47 bits per heavy atom. The van der Waals surface area contributed by atoms with Gasteiger partial charge in [-0.3, -0.25) is 9.59 Å². The molecule has 2 N–H and O–H groups in total. The summed E-state index contributed by atoms with van der Waals surface area (Å²) in [6, 6.07) is 0. The zero-order chi connectivity index (χ0) is 11.7. The van der Waals surface area contributed by atoms with E-state index in [-0.39, 0.29) is 24.7 Å². The van der Waals surface area contributed by atoms with E-state index in [0.717, 1.165) is 6.42 Å². The average Bonchev–Trinajstić information content (AvgIpc) is 2.10. The van der Waals surface area contributed by atoms with Crippen LogP contribution in [0.2, 0.25) is 0 Å². The summed E-state index contributed by atoms with van der Waals surface area (Å²) in [4.78, 5) is 21.6. The van der Waals surface area contributed by atoms with Crippen molar-refractivity contribution in [1.82, 2.24) is 5.32 Å². The van der Waals surface area contributed by atoms with Crippen molar-refractivity contribution in [2.75, 3.05) is 6.54 Å². The summed E-state index contributed by atoms with van der Waals surface area (Å²) in [5.74, 6) is 1.37. The molecule has 0 fully saturated rings. The number of amides is 1. The molecule has 0 aliphatic rings. The van der Waals surface area contributed by atoms with E-state index in [9.17, 15) is 9.59 Å². The third kappa shape index (κ3) is 8.82. The molecular formula is C11H17NO3. The topological polar surface area (TPSA) is 66.4 Å². The molecule has 15 heavy (non-hydrogen) atoms. The third-order valence-corrected chi connectivity index (χ3v) is 1.88. The van der Waals surface area contributed by atoms with Crippen LogP contribution in [0.5, 0.6) is 0 Å². The van der Waals surface area contributed by atoms with Crippen LogP contribution in [0.25, 0.3) is 0 Å². The highest BCUT2D eigenvalue weighted by Gasteiger charge is 2.11.